The lowest BCUT2D eigenvalue weighted by Gasteiger charge is -2.06. The Morgan fingerprint density at radius 3 is 0.516 bits per heavy atom. The summed E-state index contributed by atoms with van der Waals surface area (Å²) < 4.78 is 0. The molecule has 0 fully saturated rings. The molecule has 0 aliphatic carbocycles. The summed E-state index contributed by atoms with van der Waals surface area (Å²) in [7, 11) is 0. The van der Waals surface area contributed by atoms with Gasteiger partial charge >= 0.3 is 0 Å². The predicted molar refractivity (Wildman–Crippen MR) is 240 cm³/mol. The van der Waals surface area contributed by atoms with Crippen molar-refractivity contribution in [3.05, 3.63) is 115 Å². The van der Waals surface area contributed by atoms with Crippen LogP contribution in [-0.4, -0.2) is 123 Å². The number of hydrogen-bond acceptors (Lipinski definition) is 20. The maximum Gasteiger partial charge on any atom is 0.153 e. The van der Waals surface area contributed by atoms with E-state index < -0.39 is 0 Å². The Kier molecular flexibility index (Phi) is 18.3. The minimum absolute atomic E-state index is 0.00427. The standard InChI is InChI=1S/2C22H24N4O6/c2*1-15-7-17-11-23-29-3-5-31-25-13-19-9-16(2)10-20(22(19)28)14-26-32-6-4-30-24-12-18(8-15)21(17)27/h2*7-14,27-28H,3-6H2,1-2H3/b2*23-11+,24-12+,25-13+,26-14+. The largest absolute Gasteiger partial charge is 0.507 e. The number of fused-ring (bicyclic) bond motifs is 8. The molecule has 4 aromatic rings. The minimum atomic E-state index is -0.00427. The maximum absolute atomic E-state index is 10.4. The molecule has 4 aromatic carbocycles. The van der Waals surface area contributed by atoms with Gasteiger partial charge in [-0.1, -0.05) is 41.2 Å². The van der Waals surface area contributed by atoms with E-state index in [4.69, 9.17) is 38.7 Å². The van der Waals surface area contributed by atoms with Crippen molar-refractivity contribution in [3.8, 4) is 23.0 Å². The number of nitrogens with zero attached hydrogens (tertiary/aromatic N) is 8. The van der Waals surface area contributed by atoms with Crippen molar-refractivity contribution in [2.45, 2.75) is 27.7 Å². The summed E-state index contributed by atoms with van der Waals surface area (Å²) in [6.07, 6.45) is 11.2. The molecular formula is C44H48N8O12. The number of benzene rings is 4. The van der Waals surface area contributed by atoms with Gasteiger partial charge in [0, 0.05) is 44.5 Å². The van der Waals surface area contributed by atoms with Gasteiger partial charge in [-0.15, -0.1) is 0 Å². The van der Waals surface area contributed by atoms with E-state index in [9.17, 15) is 20.4 Å². The van der Waals surface area contributed by atoms with Gasteiger partial charge in [-0.25, -0.2) is 0 Å². The molecule has 0 unspecified atom stereocenters. The molecule has 6 rings (SSSR count). The average molecular weight is 881 g/mol. The zero-order valence-corrected chi connectivity index (χ0v) is 35.5. The van der Waals surface area contributed by atoms with Crippen molar-refractivity contribution in [1.29, 1.82) is 0 Å². The average Bonchev–Trinajstić information content (AvgIpc) is 3.26. The van der Waals surface area contributed by atoms with Crippen molar-refractivity contribution in [2.75, 3.05) is 52.9 Å². The quantitative estimate of drug-likeness (QED) is 0.167. The van der Waals surface area contributed by atoms with Crippen LogP contribution in [-0.2, 0) is 38.7 Å². The molecule has 2 aliphatic rings. The molecule has 0 spiro atoms. The number of phenols is 4. The Hall–Kier alpha value is -8.16. The van der Waals surface area contributed by atoms with E-state index in [0.717, 1.165) is 22.3 Å². The summed E-state index contributed by atoms with van der Waals surface area (Å²) in [5.74, 6) is -0.0171. The molecular weight excluding hydrogens is 833 g/mol. The Bertz CT molecular complexity index is 1950. The Labute approximate surface area is 368 Å². The van der Waals surface area contributed by atoms with Crippen LogP contribution >= 0.6 is 0 Å². The van der Waals surface area contributed by atoms with Gasteiger partial charge in [-0.2, -0.15) is 0 Å². The third-order valence-corrected chi connectivity index (χ3v) is 8.45. The first kappa shape index (κ1) is 46.9. The highest BCUT2D eigenvalue weighted by Crippen LogP contribution is 2.25. The molecule has 64 heavy (non-hydrogen) atoms. The summed E-state index contributed by atoms with van der Waals surface area (Å²) in [4.78, 5) is 41.2. The highest BCUT2D eigenvalue weighted by molar-refractivity contribution is 5.94. The van der Waals surface area contributed by atoms with Gasteiger partial charge in [0.05, 0.1) is 49.7 Å². The van der Waals surface area contributed by atoms with Crippen LogP contribution in [0, 0.1) is 27.7 Å². The van der Waals surface area contributed by atoms with Crippen LogP contribution in [0.3, 0.4) is 0 Å². The number of aryl methyl sites for hydroxylation is 4. The summed E-state index contributed by atoms with van der Waals surface area (Å²) in [5, 5.41) is 72.3. The summed E-state index contributed by atoms with van der Waals surface area (Å²) in [6.45, 7) is 8.62. The number of rotatable bonds is 0. The van der Waals surface area contributed by atoms with Crippen molar-refractivity contribution >= 4 is 49.7 Å². The van der Waals surface area contributed by atoms with Gasteiger partial charge in [0.15, 0.2) is 52.9 Å². The van der Waals surface area contributed by atoms with Crippen molar-refractivity contribution in [1.82, 2.24) is 0 Å². The number of oxime groups is 8. The molecule has 2 aliphatic heterocycles. The Balaban J connectivity index is 0.000000241. The van der Waals surface area contributed by atoms with E-state index in [0.29, 0.717) is 44.5 Å². The molecule has 0 saturated carbocycles. The summed E-state index contributed by atoms with van der Waals surface area (Å²) in [5.41, 5.74) is 7.35. The van der Waals surface area contributed by atoms with Gasteiger partial charge in [-0.3, -0.25) is 0 Å². The molecule has 0 radical (unpaired) electrons. The number of phenolic OH excluding ortho intramolecular Hbond substituents is 4. The van der Waals surface area contributed by atoms with Crippen LogP contribution in [0.4, 0.5) is 0 Å². The lowest BCUT2D eigenvalue weighted by molar-refractivity contribution is 0.0552. The highest BCUT2D eigenvalue weighted by atomic mass is 16.7. The topological polar surface area (TPSA) is 254 Å². The molecule has 336 valence electrons. The van der Waals surface area contributed by atoms with E-state index in [1.807, 2.05) is 27.7 Å². The van der Waals surface area contributed by atoms with Crippen molar-refractivity contribution < 1.29 is 59.1 Å². The van der Waals surface area contributed by atoms with E-state index in [1.54, 1.807) is 48.5 Å². The SMILES string of the molecule is Cc1cc2c(O)c(c1)/C=N/OCCO/N=C/c1cc(C)cc(c1O)/C=N/OCCO/N=C/2.Cc1cc2c(O)c(c1)/C=N/OCCO/N=C/c1cc(C)cc(c1O)/C=N/OCCO/N=C/2. The maximum atomic E-state index is 10.4. The van der Waals surface area contributed by atoms with E-state index in [2.05, 4.69) is 41.2 Å². The van der Waals surface area contributed by atoms with Crippen LogP contribution in [0.1, 0.15) is 66.8 Å². The second-order valence-corrected chi connectivity index (χ2v) is 13.7. The highest BCUT2D eigenvalue weighted by Gasteiger charge is 2.10. The zero-order valence-electron chi connectivity index (χ0n) is 35.5. The van der Waals surface area contributed by atoms with Crippen molar-refractivity contribution in [2.24, 2.45) is 41.2 Å². The van der Waals surface area contributed by atoms with Gasteiger partial charge in [0.1, 0.15) is 23.0 Å². The molecule has 20 heteroatoms. The normalized spacial score (nSPS) is 18.8. The predicted octanol–water partition coefficient (Wildman–Crippen LogP) is 5.66. The van der Waals surface area contributed by atoms with Gasteiger partial charge in [0.25, 0.3) is 0 Å². The fourth-order valence-corrected chi connectivity index (χ4v) is 5.60. The van der Waals surface area contributed by atoms with E-state index in [1.165, 1.54) is 49.7 Å². The molecule has 20 nitrogen and oxygen atoms in total. The molecule has 4 N–H and O–H groups in total. The lowest BCUT2D eigenvalue weighted by Crippen LogP contribution is -2.00. The van der Waals surface area contributed by atoms with Crippen LogP contribution in [0.5, 0.6) is 23.0 Å². The first-order chi connectivity index (χ1) is 31.1. The third-order valence-electron chi connectivity index (χ3n) is 8.45. The smallest absolute Gasteiger partial charge is 0.153 e. The Morgan fingerprint density at radius 2 is 0.391 bits per heavy atom. The summed E-state index contributed by atoms with van der Waals surface area (Å²) in [6, 6.07) is 14.1. The van der Waals surface area contributed by atoms with Crippen LogP contribution in [0.2, 0.25) is 0 Å². The number of aromatic hydroxyl groups is 4. The molecule has 0 atom stereocenters. The summed E-state index contributed by atoms with van der Waals surface area (Å²) >= 11 is 0. The fraction of sp³-hybridized carbons (Fsp3) is 0.273. The van der Waals surface area contributed by atoms with E-state index >= 15 is 0 Å². The fourth-order valence-electron chi connectivity index (χ4n) is 5.60. The first-order valence-electron chi connectivity index (χ1n) is 19.7. The monoisotopic (exact) mass is 880 g/mol. The molecule has 8 bridgehead atoms. The van der Waals surface area contributed by atoms with Crippen LogP contribution in [0.25, 0.3) is 0 Å². The first-order valence-corrected chi connectivity index (χ1v) is 19.7. The third kappa shape index (κ3) is 15.1. The molecule has 0 aromatic heterocycles. The Morgan fingerprint density at radius 1 is 0.266 bits per heavy atom. The van der Waals surface area contributed by atoms with Gasteiger partial charge < -0.3 is 59.1 Å². The second kappa shape index (κ2) is 24.9. The van der Waals surface area contributed by atoms with Crippen molar-refractivity contribution in [3.63, 3.8) is 0 Å². The van der Waals surface area contributed by atoms with Crippen LogP contribution < -0.4 is 0 Å². The second-order valence-electron chi connectivity index (χ2n) is 13.7. The molecule has 0 saturated heterocycles. The van der Waals surface area contributed by atoms with E-state index in [-0.39, 0.29) is 75.9 Å². The zero-order chi connectivity index (χ0) is 45.5. The van der Waals surface area contributed by atoms with Gasteiger partial charge in [-0.05, 0) is 98.5 Å². The molecule has 0 amide bonds. The minimum Gasteiger partial charge on any atom is -0.507 e. The van der Waals surface area contributed by atoms with Crippen LogP contribution in [0.15, 0.2) is 89.8 Å². The van der Waals surface area contributed by atoms with Gasteiger partial charge in [0.2, 0.25) is 0 Å². The number of hydrogen-bond donors (Lipinski definition) is 4. The lowest BCUT2D eigenvalue weighted by atomic mass is 10.1. The molecule has 2 heterocycles.